The highest BCUT2D eigenvalue weighted by Crippen LogP contribution is 2.21. The third-order valence-electron chi connectivity index (χ3n) is 5.58. The maximum absolute atomic E-state index is 12.7. The minimum atomic E-state index is -0.479. The van der Waals surface area contributed by atoms with Crippen LogP contribution in [0.15, 0.2) is 42.5 Å². The molecule has 1 saturated heterocycles. The van der Waals surface area contributed by atoms with E-state index in [-0.39, 0.29) is 5.91 Å². The number of hydrogen-bond acceptors (Lipinski definition) is 3. The summed E-state index contributed by atoms with van der Waals surface area (Å²) in [5.41, 5.74) is 4.70. The molecular weight excluding hydrogens is 360 g/mol. The second-order valence-corrected chi connectivity index (χ2v) is 8.16. The Labute approximate surface area is 175 Å². The summed E-state index contributed by atoms with van der Waals surface area (Å²) in [6.07, 6.45) is 4.11. The Morgan fingerprint density at radius 1 is 1.07 bits per heavy atom. The highest BCUT2D eigenvalue weighted by atomic mass is 16.5. The van der Waals surface area contributed by atoms with Gasteiger partial charge in [0.2, 0.25) is 0 Å². The highest BCUT2D eigenvalue weighted by molar-refractivity contribution is 5.81. The number of aryl methyl sites for hydroxylation is 2. The number of hydrogen-bond donors (Lipinski definition) is 1. The number of nitrogens with zero attached hydrogens (tertiary/aromatic N) is 1. The van der Waals surface area contributed by atoms with Crippen LogP contribution in [0.5, 0.6) is 5.75 Å². The van der Waals surface area contributed by atoms with Gasteiger partial charge in [0.15, 0.2) is 6.10 Å². The number of carbonyl (C=O) groups excluding carboxylic acids is 1. The van der Waals surface area contributed by atoms with Crippen LogP contribution in [0.1, 0.15) is 54.9 Å². The number of piperidine rings is 1. The van der Waals surface area contributed by atoms with Gasteiger partial charge in [-0.2, -0.15) is 0 Å². The molecule has 1 fully saturated rings. The average molecular weight is 395 g/mol. The first kappa shape index (κ1) is 21.4. The number of nitrogens with one attached hydrogen (secondary N) is 1. The fourth-order valence-corrected chi connectivity index (χ4v) is 3.92. The average Bonchev–Trinajstić information content (AvgIpc) is 2.72. The lowest BCUT2D eigenvalue weighted by Gasteiger charge is -2.26. The summed E-state index contributed by atoms with van der Waals surface area (Å²) in [7, 11) is 0. The van der Waals surface area contributed by atoms with Gasteiger partial charge < -0.3 is 10.1 Å². The quantitative estimate of drug-likeness (QED) is 0.702. The van der Waals surface area contributed by atoms with Crippen molar-refractivity contribution in [1.82, 2.24) is 10.2 Å². The van der Waals surface area contributed by atoms with Crippen LogP contribution >= 0.6 is 0 Å². The number of amides is 1. The molecule has 2 aromatic carbocycles. The van der Waals surface area contributed by atoms with Crippen LogP contribution in [0.2, 0.25) is 0 Å². The van der Waals surface area contributed by atoms with Crippen LogP contribution in [0.4, 0.5) is 0 Å². The zero-order chi connectivity index (χ0) is 20.6. The first-order valence-corrected chi connectivity index (χ1v) is 10.9. The van der Waals surface area contributed by atoms with Crippen molar-refractivity contribution in [1.29, 1.82) is 0 Å². The molecule has 1 amide bonds. The van der Waals surface area contributed by atoms with E-state index in [0.29, 0.717) is 13.0 Å². The van der Waals surface area contributed by atoms with E-state index in [4.69, 9.17) is 4.74 Å². The molecule has 1 aliphatic rings. The summed E-state index contributed by atoms with van der Waals surface area (Å²) in [5, 5.41) is 3.05. The van der Waals surface area contributed by atoms with E-state index in [2.05, 4.69) is 47.5 Å². The van der Waals surface area contributed by atoms with E-state index >= 15 is 0 Å². The van der Waals surface area contributed by atoms with Crippen molar-refractivity contribution in [2.75, 3.05) is 13.1 Å². The van der Waals surface area contributed by atoms with E-state index in [1.165, 1.54) is 43.5 Å². The summed E-state index contributed by atoms with van der Waals surface area (Å²) >= 11 is 0. The van der Waals surface area contributed by atoms with Crippen LogP contribution in [-0.2, 0) is 17.9 Å². The Balaban J connectivity index is 1.55. The van der Waals surface area contributed by atoms with Gasteiger partial charge >= 0.3 is 0 Å². The summed E-state index contributed by atoms with van der Waals surface area (Å²) < 4.78 is 6.01. The predicted molar refractivity (Wildman–Crippen MR) is 118 cm³/mol. The van der Waals surface area contributed by atoms with Gasteiger partial charge in [0.1, 0.15) is 5.75 Å². The molecule has 3 rings (SSSR count). The van der Waals surface area contributed by atoms with Crippen LogP contribution in [0.25, 0.3) is 0 Å². The standard InChI is InChI=1S/C25H34N2O2/c1-4-23(29-24-12-11-19(2)15-20(24)3)25(28)26-17-21-9-8-10-22(16-21)18-27-13-6-5-7-14-27/h8-12,15-16,23H,4-7,13-14,17-18H2,1-3H3,(H,26,28)/t23-/m0/s1. The highest BCUT2D eigenvalue weighted by Gasteiger charge is 2.19. The van der Waals surface area contributed by atoms with Crippen LogP contribution in [-0.4, -0.2) is 30.0 Å². The monoisotopic (exact) mass is 394 g/mol. The van der Waals surface area contributed by atoms with E-state index in [9.17, 15) is 4.79 Å². The Kier molecular flexibility index (Phi) is 7.70. The van der Waals surface area contributed by atoms with Crippen molar-refractivity contribution in [3.8, 4) is 5.75 Å². The molecule has 1 heterocycles. The van der Waals surface area contributed by atoms with Gasteiger partial charge in [-0.1, -0.05) is 55.3 Å². The second-order valence-electron chi connectivity index (χ2n) is 8.16. The molecule has 1 N–H and O–H groups in total. The lowest BCUT2D eigenvalue weighted by Crippen LogP contribution is -2.37. The fraction of sp³-hybridized carbons (Fsp3) is 0.480. The maximum Gasteiger partial charge on any atom is 0.261 e. The van der Waals surface area contributed by atoms with E-state index in [1.54, 1.807) is 0 Å². The second kappa shape index (κ2) is 10.4. The maximum atomic E-state index is 12.7. The smallest absolute Gasteiger partial charge is 0.261 e. The Bertz CT molecular complexity index is 812. The van der Waals surface area contributed by atoms with Crippen molar-refractivity contribution in [2.45, 2.75) is 65.6 Å². The molecule has 156 valence electrons. The minimum absolute atomic E-state index is 0.0612. The first-order valence-electron chi connectivity index (χ1n) is 10.9. The van der Waals surface area contributed by atoms with Gasteiger partial charge in [-0.15, -0.1) is 0 Å². The minimum Gasteiger partial charge on any atom is -0.480 e. The van der Waals surface area contributed by atoms with Gasteiger partial charge in [0.05, 0.1) is 0 Å². The molecule has 0 unspecified atom stereocenters. The van der Waals surface area contributed by atoms with Crippen molar-refractivity contribution in [2.24, 2.45) is 0 Å². The summed E-state index contributed by atoms with van der Waals surface area (Å²) in [6, 6.07) is 14.6. The Morgan fingerprint density at radius 2 is 1.83 bits per heavy atom. The zero-order valence-corrected chi connectivity index (χ0v) is 18.0. The summed E-state index contributed by atoms with van der Waals surface area (Å²) in [6.45, 7) is 9.95. The normalized spacial score (nSPS) is 15.7. The molecule has 0 saturated carbocycles. The SMILES string of the molecule is CC[C@H](Oc1ccc(C)cc1C)C(=O)NCc1cccc(CN2CCCCC2)c1. The molecule has 0 spiro atoms. The Morgan fingerprint density at radius 3 is 2.55 bits per heavy atom. The molecule has 4 nitrogen and oxygen atoms in total. The summed E-state index contributed by atoms with van der Waals surface area (Å²) in [4.78, 5) is 15.2. The van der Waals surface area contributed by atoms with Crippen molar-refractivity contribution in [3.63, 3.8) is 0 Å². The van der Waals surface area contributed by atoms with Gasteiger partial charge in [0, 0.05) is 13.1 Å². The topological polar surface area (TPSA) is 41.6 Å². The van der Waals surface area contributed by atoms with E-state index in [1.807, 2.05) is 26.0 Å². The van der Waals surface area contributed by atoms with Crippen molar-refractivity contribution < 1.29 is 9.53 Å². The number of rotatable bonds is 8. The predicted octanol–water partition coefficient (Wildman–Crippen LogP) is 4.76. The van der Waals surface area contributed by atoms with Crippen LogP contribution in [0, 0.1) is 13.8 Å². The van der Waals surface area contributed by atoms with Crippen LogP contribution < -0.4 is 10.1 Å². The van der Waals surface area contributed by atoms with Crippen molar-refractivity contribution in [3.05, 3.63) is 64.7 Å². The summed E-state index contributed by atoms with van der Waals surface area (Å²) in [5.74, 6) is 0.718. The lowest BCUT2D eigenvalue weighted by molar-refractivity contribution is -0.128. The van der Waals surface area contributed by atoms with Gasteiger partial charge in [-0.3, -0.25) is 9.69 Å². The third-order valence-corrected chi connectivity index (χ3v) is 5.58. The zero-order valence-electron chi connectivity index (χ0n) is 18.0. The van der Waals surface area contributed by atoms with E-state index in [0.717, 1.165) is 23.4 Å². The van der Waals surface area contributed by atoms with Gasteiger partial charge in [0.25, 0.3) is 5.91 Å². The molecule has 0 bridgehead atoms. The molecule has 0 aromatic heterocycles. The molecule has 1 atom stereocenters. The molecule has 0 radical (unpaired) electrons. The number of carbonyl (C=O) groups is 1. The number of benzene rings is 2. The third kappa shape index (κ3) is 6.33. The molecule has 0 aliphatic carbocycles. The molecule has 29 heavy (non-hydrogen) atoms. The van der Waals surface area contributed by atoms with Crippen molar-refractivity contribution >= 4 is 5.91 Å². The van der Waals surface area contributed by atoms with Gasteiger partial charge in [-0.25, -0.2) is 0 Å². The molecular formula is C25H34N2O2. The fourth-order valence-electron chi connectivity index (χ4n) is 3.92. The largest absolute Gasteiger partial charge is 0.480 e. The van der Waals surface area contributed by atoms with Gasteiger partial charge in [-0.05, 0) is 69.0 Å². The molecule has 1 aliphatic heterocycles. The Hall–Kier alpha value is -2.33. The van der Waals surface area contributed by atoms with E-state index < -0.39 is 6.10 Å². The number of likely N-dealkylation sites (tertiary alicyclic amines) is 1. The van der Waals surface area contributed by atoms with Crippen LogP contribution in [0.3, 0.4) is 0 Å². The lowest BCUT2D eigenvalue weighted by atomic mass is 10.1. The number of ether oxygens (including phenoxy) is 1. The molecule has 2 aromatic rings. The molecule has 4 heteroatoms. The first-order chi connectivity index (χ1) is 14.0.